The third-order valence-electron chi connectivity index (χ3n) is 4.23. The van der Waals surface area contributed by atoms with Crippen LogP contribution in [0.1, 0.15) is 5.56 Å². The van der Waals surface area contributed by atoms with Crippen molar-refractivity contribution in [3.63, 3.8) is 0 Å². The molecule has 0 unspecified atom stereocenters. The van der Waals surface area contributed by atoms with Crippen molar-refractivity contribution in [3.05, 3.63) is 35.9 Å². The molecule has 2 amide bonds. The van der Waals surface area contributed by atoms with Crippen molar-refractivity contribution in [2.75, 3.05) is 26.8 Å². The highest BCUT2D eigenvalue weighted by molar-refractivity contribution is 5.95. The van der Waals surface area contributed by atoms with E-state index in [4.69, 9.17) is 9.47 Å². The topological polar surface area (TPSA) is 79.3 Å². The third kappa shape index (κ3) is 3.08. The van der Waals surface area contributed by atoms with Crippen LogP contribution >= 0.6 is 0 Å². The lowest BCUT2D eigenvalue weighted by molar-refractivity contribution is -0.231. The van der Waals surface area contributed by atoms with Crippen LogP contribution in [-0.2, 0) is 25.6 Å². The predicted molar refractivity (Wildman–Crippen MR) is 80.1 cm³/mol. The molecule has 0 radical (unpaired) electrons. The van der Waals surface area contributed by atoms with Crippen molar-refractivity contribution in [2.45, 2.75) is 25.0 Å². The Morgan fingerprint density at radius 3 is 2.70 bits per heavy atom. The van der Waals surface area contributed by atoms with Gasteiger partial charge in [-0.05, 0) is 5.56 Å². The van der Waals surface area contributed by atoms with Gasteiger partial charge < -0.3 is 24.4 Å². The summed E-state index contributed by atoms with van der Waals surface area (Å²) in [5.74, 6) is -0.364. The lowest BCUT2D eigenvalue weighted by Gasteiger charge is -2.47. The van der Waals surface area contributed by atoms with Crippen molar-refractivity contribution in [1.82, 2.24) is 9.80 Å². The lowest BCUT2D eigenvalue weighted by atomic mass is 10.0. The van der Waals surface area contributed by atoms with Crippen LogP contribution in [0.25, 0.3) is 0 Å². The molecule has 1 aromatic rings. The van der Waals surface area contributed by atoms with Crippen molar-refractivity contribution in [1.29, 1.82) is 0 Å². The van der Waals surface area contributed by atoms with E-state index < -0.39 is 18.4 Å². The summed E-state index contributed by atoms with van der Waals surface area (Å²) >= 11 is 0. The molecule has 2 aliphatic heterocycles. The van der Waals surface area contributed by atoms with Crippen LogP contribution in [0.15, 0.2) is 30.3 Å². The smallest absolute Gasteiger partial charge is 0.248 e. The molecule has 2 saturated heterocycles. The SMILES string of the molecule is CO[C@H]1CN2C(=O)CN(Cc3ccccc3)C(=O)[C@@H]2[C@H](CO)O1. The molecule has 0 bridgehead atoms. The predicted octanol–water partition coefficient (Wildman–Crippen LogP) is -0.410. The van der Waals surface area contributed by atoms with Crippen LogP contribution in [0.3, 0.4) is 0 Å². The molecule has 2 fully saturated rings. The second-order valence-corrected chi connectivity index (χ2v) is 5.69. The monoisotopic (exact) mass is 320 g/mol. The quantitative estimate of drug-likeness (QED) is 0.816. The lowest BCUT2D eigenvalue weighted by Crippen LogP contribution is -2.69. The van der Waals surface area contributed by atoms with Gasteiger partial charge in [0, 0.05) is 13.7 Å². The summed E-state index contributed by atoms with van der Waals surface area (Å²) in [6, 6.07) is 8.70. The first-order chi connectivity index (χ1) is 11.1. The van der Waals surface area contributed by atoms with Crippen molar-refractivity contribution < 1.29 is 24.2 Å². The average molecular weight is 320 g/mol. The summed E-state index contributed by atoms with van der Waals surface area (Å²) in [5, 5.41) is 9.53. The second kappa shape index (κ2) is 6.66. The van der Waals surface area contributed by atoms with Gasteiger partial charge in [-0.2, -0.15) is 0 Å². The van der Waals surface area contributed by atoms with E-state index in [0.717, 1.165) is 5.56 Å². The summed E-state index contributed by atoms with van der Waals surface area (Å²) in [6.45, 7) is 0.237. The number of ether oxygens (including phenoxy) is 2. The highest BCUT2D eigenvalue weighted by Crippen LogP contribution is 2.25. The number of carbonyl (C=O) groups is 2. The molecule has 0 saturated carbocycles. The number of nitrogens with zero attached hydrogens (tertiary/aromatic N) is 2. The number of fused-ring (bicyclic) bond motifs is 1. The van der Waals surface area contributed by atoms with Crippen LogP contribution in [-0.4, -0.2) is 72.0 Å². The standard InChI is InChI=1S/C16H20N2O5/c1-22-14-9-18-13(20)8-17(7-11-5-3-2-4-6-11)16(21)15(18)12(10-19)23-14/h2-6,12,14-15,19H,7-10H2,1H3/t12-,14+,15-/m0/s1. The summed E-state index contributed by atoms with van der Waals surface area (Å²) in [5.41, 5.74) is 0.953. The normalized spacial score (nSPS) is 28.0. The molecule has 3 atom stereocenters. The van der Waals surface area contributed by atoms with Crippen molar-refractivity contribution >= 4 is 11.8 Å². The fourth-order valence-electron chi connectivity index (χ4n) is 3.07. The molecule has 0 aliphatic carbocycles. The maximum atomic E-state index is 12.8. The van der Waals surface area contributed by atoms with E-state index in [1.165, 1.54) is 16.9 Å². The number of benzene rings is 1. The van der Waals surface area contributed by atoms with Crippen LogP contribution in [0.5, 0.6) is 0 Å². The van der Waals surface area contributed by atoms with E-state index in [1.54, 1.807) is 0 Å². The molecule has 3 rings (SSSR count). The van der Waals surface area contributed by atoms with Gasteiger partial charge in [0.05, 0.1) is 13.2 Å². The van der Waals surface area contributed by atoms with Gasteiger partial charge in [0.25, 0.3) is 0 Å². The van der Waals surface area contributed by atoms with Gasteiger partial charge in [-0.3, -0.25) is 9.59 Å². The molecule has 0 spiro atoms. The van der Waals surface area contributed by atoms with E-state index >= 15 is 0 Å². The number of rotatable bonds is 4. The number of carbonyl (C=O) groups excluding carboxylic acids is 2. The molecule has 7 heteroatoms. The molecule has 124 valence electrons. The number of morpholine rings is 1. The molecule has 23 heavy (non-hydrogen) atoms. The minimum atomic E-state index is -0.795. The van der Waals surface area contributed by atoms with Crippen LogP contribution in [0, 0.1) is 0 Å². The molecule has 0 aromatic heterocycles. The molecule has 2 aliphatic rings. The zero-order valence-corrected chi connectivity index (χ0v) is 12.9. The summed E-state index contributed by atoms with van der Waals surface area (Å²) < 4.78 is 10.7. The van der Waals surface area contributed by atoms with Gasteiger partial charge in [0.2, 0.25) is 11.8 Å². The Morgan fingerprint density at radius 2 is 2.04 bits per heavy atom. The highest BCUT2D eigenvalue weighted by Gasteiger charge is 2.48. The minimum Gasteiger partial charge on any atom is -0.394 e. The number of aliphatic hydroxyl groups is 1. The third-order valence-corrected chi connectivity index (χ3v) is 4.23. The zero-order valence-electron chi connectivity index (χ0n) is 12.9. The molecule has 2 heterocycles. The molecular weight excluding hydrogens is 300 g/mol. The van der Waals surface area contributed by atoms with Crippen molar-refractivity contribution in [3.8, 4) is 0 Å². The Bertz CT molecular complexity index is 579. The van der Waals surface area contributed by atoms with Gasteiger partial charge in [-0.25, -0.2) is 0 Å². The first-order valence-electron chi connectivity index (χ1n) is 7.55. The Kier molecular flexibility index (Phi) is 4.61. The van der Waals surface area contributed by atoms with Gasteiger partial charge >= 0.3 is 0 Å². The van der Waals surface area contributed by atoms with Gasteiger partial charge in [-0.1, -0.05) is 30.3 Å². The number of amides is 2. The van der Waals surface area contributed by atoms with Crippen LogP contribution in [0.2, 0.25) is 0 Å². The van der Waals surface area contributed by atoms with Crippen LogP contribution < -0.4 is 0 Å². The fraction of sp³-hybridized carbons (Fsp3) is 0.500. The number of methoxy groups -OCH3 is 1. The minimum absolute atomic E-state index is 0.0266. The largest absolute Gasteiger partial charge is 0.394 e. The van der Waals surface area contributed by atoms with E-state index in [1.807, 2.05) is 30.3 Å². The van der Waals surface area contributed by atoms with Gasteiger partial charge in [-0.15, -0.1) is 0 Å². The van der Waals surface area contributed by atoms with E-state index in [9.17, 15) is 14.7 Å². The summed E-state index contributed by atoms with van der Waals surface area (Å²) in [6.07, 6.45) is -1.40. The number of hydrogen-bond donors (Lipinski definition) is 1. The zero-order chi connectivity index (χ0) is 16.4. The first-order valence-corrected chi connectivity index (χ1v) is 7.55. The maximum absolute atomic E-state index is 12.8. The van der Waals surface area contributed by atoms with Gasteiger partial charge in [0.1, 0.15) is 18.7 Å². The van der Waals surface area contributed by atoms with E-state index in [0.29, 0.717) is 6.54 Å². The molecule has 7 nitrogen and oxygen atoms in total. The fourth-order valence-corrected chi connectivity index (χ4v) is 3.07. The number of hydrogen-bond acceptors (Lipinski definition) is 5. The Balaban J connectivity index is 1.80. The summed E-state index contributed by atoms with van der Waals surface area (Å²) in [7, 11) is 1.47. The Hall–Kier alpha value is -1.96. The van der Waals surface area contributed by atoms with Crippen LogP contribution in [0.4, 0.5) is 0 Å². The number of aliphatic hydroxyl groups excluding tert-OH is 1. The number of piperazine rings is 1. The molecule has 1 aromatic carbocycles. The first kappa shape index (κ1) is 15.9. The van der Waals surface area contributed by atoms with E-state index in [2.05, 4.69) is 0 Å². The van der Waals surface area contributed by atoms with Gasteiger partial charge in [0.15, 0.2) is 6.29 Å². The van der Waals surface area contributed by atoms with E-state index in [-0.39, 0.29) is 31.5 Å². The van der Waals surface area contributed by atoms with Crippen molar-refractivity contribution in [2.24, 2.45) is 0 Å². The Morgan fingerprint density at radius 1 is 1.30 bits per heavy atom. The maximum Gasteiger partial charge on any atom is 0.248 e. The highest BCUT2D eigenvalue weighted by atomic mass is 16.7. The molecule has 1 N–H and O–H groups in total. The Labute approximate surface area is 134 Å². The second-order valence-electron chi connectivity index (χ2n) is 5.69. The average Bonchev–Trinajstić information content (AvgIpc) is 2.59. The molecular formula is C16H20N2O5. The summed E-state index contributed by atoms with van der Waals surface area (Å²) in [4.78, 5) is 28.2.